The Labute approximate surface area is 197 Å². The lowest BCUT2D eigenvalue weighted by Gasteiger charge is -2.12. The molecule has 172 valence electrons. The Bertz CT molecular complexity index is 1310. The first-order valence-electron chi connectivity index (χ1n) is 11.0. The van der Waals surface area contributed by atoms with Gasteiger partial charge >= 0.3 is 0 Å². The van der Waals surface area contributed by atoms with Gasteiger partial charge in [0.25, 0.3) is 5.91 Å². The Morgan fingerprint density at radius 3 is 2.65 bits per heavy atom. The molecule has 0 saturated heterocycles. The predicted octanol–water partition coefficient (Wildman–Crippen LogP) is 6.29. The molecule has 4 aromatic rings. The Morgan fingerprint density at radius 2 is 1.82 bits per heavy atom. The summed E-state index contributed by atoms with van der Waals surface area (Å²) < 4.78 is 26.0. The minimum Gasteiger partial charge on any atom is -0.494 e. The van der Waals surface area contributed by atoms with Gasteiger partial charge in [0.2, 0.25) is 5.88 Å². The highest BCUT2D eigenvalue weighted by molar-refractivity contribution is 6.04. The molecule has 2 aromatic heterocycles. The molecular weight excluding hydrogens is 433 g/mol. The van der Waals surface area contributed by atoms with Gasteiger partial charge in [0, 0.05) is 35.4 Å². The molecule has 0 aliphatic rings. The van der Waals surface area contributed by atoms with Crippen molar-refractivity contribution in [1.29, 1.82) is 0 Å². The average Bonchev–Trinajstić information content (AvgIpc) is 2.86. The maximum atomic E-state index is 14.5. The van der Waals surface area contributed by atoms with Gasteiger partial charge in [-0.25, -0.2) is 9.37 Å². The summed E-state index contributed by atoms with van der Waals surface area (Å²) in [6, 6.07) is 18.5. The molecule has 1 amide bonds. The zero-order chi connectivity index (χ0) is 23.9. The zero-order valence-corrected chi connectivity index (χ0v) is 18.9. The molecule has 0 unspecified atom stereocenters. The van der Waals surface area contributed by atoms with Crippen molar-refractivity contribution >= 4 is 11.6 Å². The molecule has 7 heteroatoms. The number of anilines is 1. The summed E-state index contributed by atoms with van der Waals surface area (Å²) in [6.45, 7) is 4.40. The topological polar surface area (TPSA) is 73.3 Å². The number of pyridine rings is 2. The van der Waals surface area contributed by atoms with Crippen LogP contribution in [0.1, 0.15) is 29.9 Å². The van der Waals surface area contributed by atoms with Crippen LogP contribution in [0.3, 0.4) is 0 Å². The van der Waals surface area contributed by atoms with Crippen molar-refractivity contribution in [3.05, 3.63) is 96.2 Å². The Balaban J connectivity index is 1.59. The standard InChI is InChI=1S/C27H24FN3O3/c1-3-19-15-18(12-14-29-19)23-9-6-13-30-27(23)34-22-10-11-25(28)24(17-22)26(32)31-20-7-5-8-21(16-20)33-4-2/h5-17H,3-4H2,1-2H3,(H,31,32). The first-order valence-corrected chi connectivity index (χ1v) is 11.0. The number of nitrogens with one attached hydrogen (secondary N) is 1. The molecular formula is C27H24FN3O3. The summed E-state index contributed by atoms with van der Waals surface area (Å²) in [5.74, 6) is -0.00584. The number of carbonyl (C=O) groups excluding carboxylic acids is 1. The highest BCUT2D eigenvalue weighted by Crippen LogP contribution is 2.32. The van der Waals surface area contributed by atoms with E-state index in [0.717, 1.165) is 23.2 Å². The van der Waals surface area contributed by atoms with Crippen LogP contribution in [0.25, 0.3) is 11.1 Å². The van der Waals surface area contributed by atoms with E-state index in [0.29, 0.717) is 29.7 Å². The highest BCUT2D eigenvalue weighted by Gasteiger charge is 2.16. The molecule has 0 aliphatic carbocycles. The number of halogens is 1. The van der Waals surface area contributed by atoms with E-state index in [1.807, 2.05) is 38.1 Å². The summed E-state index contributed by atoms with van der Waals surface area (Å²) in [4.78, 5) is 21.5. The second-order valence-corrected chi connectivity index (χ2v) is 7.40. The van der Waals surface area contributed by atoms with Crippen LogP contribution in [-0.2, 0) is 6.42 Å². The quantitative estimate of drug-likeness (QED) is 0.337. The van der Waals surface area contributed by atoms with Gasteiger partial charge in [0.1, 0.15) is 17.3 Å². The van der Waals surface area contributed by atoms with Gasteiger partial charge in [-0.3, -0.25) is 9.78 Å². The third kappa shape index (κ3) is 5.38. The number of aromatic nitrogens is 2. The SMILES string of the molecule is CCOc1cccc(NC(=O)c2cc(Oc3ncccc3-c3ccnc(CC)c3)ccc2F)c1. The van der Waals surface area contributed by atoms with Gasteiger partial charge in [0.05, 0.1) is 12.2 Å². The van der Waals surface area contributed by atoms with Crippen LogP contribution >= 0.6 is 0 Å². The molecule has 0 atom stereocenters. The Hall–Kier alpha value is -4.26. The van der Waals surface area contributed by atoms with Crippen LogP contribution in [0.2, 0.25) is 0 Å². The van der Waals surface area contributed by atoms with E-state index in [2.05, 4.69) is 15.3 Å². The molecule has 0 bridgehead atoms. The monoisotopic (exact) mass is 457 g/mol. The third-order valence-electron chi connectivity index (χ3n) is 5.06. The van der Waals surface area contributed by atoms with Crippen LogP contribution in [0.5, 0.6) is 17.4 Å². The van der Waals surface area contributed by atoms with Gasteiger partial charge in [-0.05, 0) is 73.5 Å². The van der Waals surface area contributed by atoms with Crippen molar-refractivity contribution < 1.29 is 18.7 Å². The number of carbonyl (C=O) groups is 1. The number of rotatable bonds is 8. The molecule has 0 aliphatic heterocycles. The van der Waals surface area contributed by atoms with E-state index < -0.39 is 11.7 Å². The summed E-state index contributed by atoms with van der Waals surface area (Å²) in [5.41, 5.74) is 2.97. The Morgan fingerprint density at radius 1 is 0.941 bits per heavy atom. The molecule has 6 nitrogen and oxygen atoms in total. The van der Waals surface area contributed by atoms with Crippen molar-refractivity contribution in [3.8, 4) is 28.5 Å². The number of hydrogen-bond donors (Lipinski definition) is 1. The van der Waals surface area contributed by atoms with Crippen LogP contribution in [-0.4, -0.2) is 22.5 Å². The number of benzene rings is 2. The molecule has 0 saturated carbocycles. The summed E-state index contributed by atoms with van der Waals surface area (Å²) in [7, 11) is 0. The molecule has 34 heavy (non-hydrogen) atoms. The van der Waals surface area contributed by atoms with E-state index >= 15 is 0 Å². The van der Waals surface area contributed by atoms with Gasteiger partial charge in [-0.1, -0.05) is 13.0 Å². The van der Waals surface area contributed by atoms with Crippen molar-refractivity contribution in [3.63, 3.8) is 0 Å². The maximum Gasteiger partial charge on any atom is 0.258 e. The molecule has 0 spiro atoms. The fourth-order valence-electron chi connectivity index (χ4n) is 3.41. The molecule has 2 aromatic carbocycles. The fourth-order valence-corrected chi connectivity index (χ4v) is 3.41. The van der Waals surface area contributed by atoms with E-state index in [1.54, 1.807) is 36.7 Å². The number of amides is 1. The summed E-state index contributed by atoms with van der Waals surface area (Å²) in [6.07, 6.45) is 4.16. The third-order valence-corrected chi connectivity index (χ3v) is 5.06. The molecule has 4 rings (SSSR count). The van der Waals surface area contributed by atoms with E-state index in [9.17, 15) is 9.18 Å². The normalized spacial score (nSPS) is 10.6. The largest absolute Gasteiger partial charge is 0.494 e. The summed E-state index contributed by atoms with van der Waals surface area (Å²) >= 11 is 0. The molecule has 0 fully saturated rings. The van der Waals surface area contributed by atoms with Crippen molar-refractivity contribution in [2.75, 3.05) is 11.9 Å². The first kappa shape index (κ1) is 22.9. The zero-order valence-electron chi connectivity index (χ0n) is 18.9. The average molecular weight is 458 g/mol. The molecule has 1 N–H and O–H groups in total. The lowest BCUT2D eigenvalue weighted by atomic mass is 10.1. The molecule has 0 radical (unpaired) electrons. The first-order chi connectivity index (χ1) is 16.6. The molecule has 2 heterocycles. The second kappa shape index (κ2) is 10.6. The minimum atomic E-state index is -0.659. The van der Waals surface area contributed by atoms with Crippen molar-refractivity contribution in [1.82, 2.24) is 9.97 Å². The van der Waals surface area contributed by atoms with Gasteiger partial charge < -0.3 is 14.8 Å². The number of nitrogens with zero attached hydrogens (tertiary/aromatic N) is 2. The van der Waals surface area contributed by atoms with Gasteiger partial charge in [-0.2, -0.15) is 0 Å². The van der Waals surface area contributed by atoms with Crippen molar-refractivity contribution in [2.45, 2.75) is 20.3 Å². The van der Waals surface area contributed by atoms with Crippen LogP contribution in [0.4, 0.5) is 10.1 Å². The van der Waals surface area contributed by atoms with Gasteiger partial charge in [0.15, 0.2) is 0 Å². The second-order valence-electron chi connectivity index (χ2n) is 7.40. The number of hydrogen-bond acceptors (Lipinski definition) is 5. The smallest absolute Gasteiger partial charge is 0.258 e. The van der Waals surface area contributed by atoms with Gasteiger partial charge in [-0.15, -0.1) is 0 Å². The predicted molar refractivity (Wildman–Crippen MR) is 129 cm³/mol. The van der Waals surface area contributed by atoms with Crippen LogP contribution in [0, 0.1) is 5.82 Å². The summed E-state index contributed by atoms with van der Waals surface area (Å²) in [5, 5.41) is 2.70. The van der Waals surface area contributed by atoms with Crippen LogP contribution < -0.4 is 14.8 Å². The van der Waals surface area contributed by atoms with E-state index in [4.69, 9.17) is 9.47 Å². The van der Waals surface area contributed by atoms with Crippen molar-refractivity contribution in [2.24, 2.45) is 0 Å². The number of aryl methyl sites for hydroxylation is 1. The number of ether oxygens (including phenoxy) is 2. The maximum absolute atomic E-state index is 14.5. The Kier molecular flexibility index (Phi) is 7.13. The lowest BCUT2D eigenvalue weighted by Crippen LogP contribution is -2.14. The van der Waals surface area contributed by atoms with Crippen LogP contribution in [0.15, 0.2) is 79.1 Å². The lowest BCUT2D eigenvalue weighted by molar-refractivity contribution is 0.102. The minimum absolute atomic E-state index is 0.144. The fraction of sp³-hybridized carbons (Fsp3) is 0.148. The van der Waals surface area contributed by atoms with E-state index in [1.165, 1.54) is 18.2 Å². The van der Waals surface area contributed by atoms with E-state index in [-0.39, 0.29) is 5.56 Å². The highest BCUT2D eigenvalue weighted by atomic mass is 19.1.